The quantitative estimate of drug-likeness (QED) is 0.677. The van der Waals surface area contributed by atoms with Crippen molar-refractivity contribution >= 4 is 10.9 Å². The van der Waals surface area contributed by atoms with Gasteiger partial charge in [-0.1, -0.05) is 18.2 Å². The summed E-state index contributed by atoms with van der Waals surface area (Å²) in [5, 5.41) is 10.2. The Kier molecular flexibility index (Phi) is 4.72. The van der Waals surface area contributed by atoms with E-state index in [1.165, 1.54) is 0 Å². The van der Waals surface area contributed by atoms with Crippen molar-refractivity contribution in [1.82, 2.24) is 4.57 Å². The number of para-hydroxylation sites is 1. The third-order valence-electron chi connectivity index (χ3n) is 3.71. The fraction of sp³-hybridized carbons (Fsp3) is 0.250. The third-order valence-corrected chi connectivity index (χ3v) is 3.71. The molecule has 0 aliphatic carbocycles. The Balaban J connectivity index is 1.64. The lowest BCUT2D eigenvalue weighted by atomic mass is 10.2. The van der Waals surface area contributed by atoms with Crippen LogP contribution in [0, 0.1) is 11.3 Å². The maximum atomic E-state index is 9.23. The second-order valence-electron chi connectivity index (χ2n) is 5.85. The first-order valence-electron chi connectivity index (χ1n) is 8.05. The first-order chi connectivity index (χ1) is 11.7. The number of benzene rings is 2. The predicted molar refractivity (Wildman–Crippen MR) is 94.4 cm³/mol. The lowest BCUT2D eigenvalue weighted by Crippen LogP contribution is -2.07. The topological polar surface area (TPSA) is 47.2 Å². The molecule has 3 rings (SSSR count). The fourth-order valence-electron chi connectivity index (χ4n) is 2.67. The Labute approximate surface area is 141 Å². The highest BCUT2D eigenvalue weighted by atomic mass is 16.5. The molecule has 0 N–H and O–H groups in total. The number of nitriles is 1. The van der Waals surface area contributed by atoms with E-state index in [0.29, 0.717) is 18.7 Å². The molecule has 0 saturated heterocycles. The molecular weight excluding hydrogens is 300 g/mol. The molecule has 0 unspecified atom stereocenters. The Morgan fingerprint density at radius 3 is 2.46 bits per heavy atom. The molecule has 0 aliphatic rings. The maximum Gasteiger partial charge on any atom is 0.119 e. The molecular formula is C20H20N2O2. The summed E-state index contributed by atoms with van der Waals surface area (Å²) in [5.41, 5.74) is 1.75. The smallest absolute Gasteiger partial charge is 0.119 e. The molecule has 1 aromatic heterocycles. The van der Waals surface area contributed by atoms with Gasteiger partial charge in [0.15, 0.2) is 0 Å². The van der Waals surface area contributed by atoms with Crippen molar-refractivity contribution in [2.24, 2.45) is 0 Å². The van der Waals surface area contributed by atoms with Crippen molar-refractivity contribution in [3.63, 3.8) is 0 Å². The second-order valence-corrected chi connectivity index (χ2v) is 5.85. The summed E-state index contributed by atoms with van der Waals surface area (Å²) in [6.07, 6.45) is 2.04. The molecule has 4 heteroatoms. The molecule has 24 heavy (non-hydrogen) atoms. The molecule has 0 atom stereocenters. The van der Waals surface area contributed by atoms with Crippen molar-refractivity contribution in [1.29, 1.82) is 5.26 Å². The van der Waals surface area contributed by atoms with E-state index < -0.39 is 0 Å². The summed E-state index contributed by atoms with van der Waals surface area (Å²) in [7, 11) is 0. The Morgan fingerprint density at radius 1 is 1.04 bits per heavy atom. The Bertz CT molecular complexity index is 857. The summed E-state index contributed by atoms with van der Waals surface area (Å²) in [6.45, 7) is 5.23. The minimum Gasteiger partial charge on any atom is -0.492 e. The highest BCUT2D eigenvalue weighted by molar-refractivity contribution is 5.86. The first-order valence-corrected chi connectivity index (χ1v) is 8.05. The summed E-state index contributed by atoms with van der Waals surface area (Å²) < 4.78 is 13.5. The molecule has 0 radical (unpaired) electrons. The lowest BCUT2D eigenvalue weighted by Gasteiger charge is -2.11. The average molecular weight is 320 g/mol. The minimum absolute atomic E-state index is 0.160. The molecule has 0 amide bonds. The molecule has 0 saturated carbocycles. The van der Waals surface area contributed by atoms with Gasteiger partial charge in [0.2, 0.25) is 0 Å². The molecule has 1 heterocycles. The standard InChI is InChI=1S/C20H20N2O2/c1-15(2)24-18-9-7-17(8-10-18)23-12-11-22-14-16(13-21)19-5-3-4-6-20(19)22/h3-10,14-15H,11-12H2,1-2H3. The van der Waals surface area contributed by atoms with E-state index in [2.05, 4.69) is 10.6 Å². The van der Waals surface area contributed by atoms with Gasteiger partial charge in [-0.3, -0.25) is 0 Å². The summed E-state index contributed by atoms with van der Waals surface area (Å²) >= 11 is 0. The SMILES string of the molecule is CC(C)Oc1ccc(OCCn2cc(C#N)c3ccccc32)cc1. The number of aromatic nitrogens is 1. The largest absolute Gasteiger partial charge is 0.492 e. The normalized spacial score (nSPS) is 10.8. The number of rotatable bonds is 6. The van der Waals surface area contributed by atoms with Crippen LogP contribution in [0.4, 0.5) is 0 Å². The van der Waals surface area contributed by atoms with Crippen LogP contribution < -0.4 is 9.47 Å². The van der Waals surface area contributed by atoms with Gasteiger partial charge >= 0.3 is 0 Å². The van der Waals surface area contributed by atoms with Crippen molar-refractivity contribution in [3.8, 4) is 17.6 Å². The van der Waals surface area contributed by atoms with E-state index in [0.717, 1.165) is 22.4 Å². The summed E-state index contributed by atoms with van der Waals surface area (Å²) in [4.78, 5) is 0. The van der Waals surface area contributed by atoms with Gasteiger partial charge in [0.05, 0.1) is 18.2 Å². The number of hydrogen-bond acceptors (Lipinski definition) is 3. The van der Waals surface area contributed by atoms with Crippen molar-refractivity contribution < 1.29 is 9.47 Å². The van der Waals surface area contributed by atoms with Crippen LogP contribution in [0.5, 0.6) is 11.5 Å². The monoisotopic (exact) mass is 320 g/mol. The fourth-order valence-corrected chi connectivity index (χ4v) is 2.67. The van der Waals surface area contributed by atoms with Crippen LogP contribution >= 0.6 is 0 Å². The average Bonchev–Trinajstić information content (AvgIpc) is 2.94. The van der Waals surface area contributed by atoms with Crippen LogP contribution in [0.2, 0.25) is 0 Å². The maximum absolute atomic E-state index is 9.23. The molecule has 4 nitrogen and oxygen atoms in total. The number of nitrogens with zero attached hydrogens (tertiary/aromatic N) is 2. The number of ether oxygens (including phenoxy) is 2. The molecule has 0 fully saturated rings. The molecule has 3 aromatic rings. The van der Waals surface area contributed by atoms with Gasteiger partial charge < -0.3 is 14.0 Å². The van der Waals surface area contributed by atoms with Crippen molar-refractivity contribution in [2.45, 2.75) is 26.5 Å². The third kappa shape index (κ3) is 3.52. The van der Waals surface area contributed by atoms with Gasteiger partial charge in [-0.2, -0.15) is 5.26 Å². The number of fused-ring (bicyclic) bond motifs is 1. The second kappa shape index (κ2) is 7.10. The van der Waals surface area contributed by atoms with Gasteiger partial charge in [0.25, 0.3) is 0 Å². The first kappa shape index (κ1) is 15.9. The van der Waals surface area contributed by atoms with E-state index in [1.807, 2.05) is 68.6 Å². The van der Waals surface area contributed by atoms with E-state index >= 15 is 0 Å². The van der Waals surface area contributed by atoms with E-state index in [9.17, 15) is 5.26 Å². The van der Waals surface area contributed by atoms with Gasteiger partial charge in [-0.05, 0) is 44.2 Å². The zero-order valence-corrected chi connectivity index (χ0v) is 13.9. The van der Waals surface area contributed by atoms with E-state index in [1.54, 1.807) is 0 Å². The van der Waals surface area contributed by atoms with Crippen LogP contribution in [-0.2, 0) is 6.54 Å². The van der Waals surface area contributed by atoms with Crippen molar-refractivity contribution in [3.05, 3.63) is 60.3 Å². The molecule has 0 aliphatic heterocycles. The van der Waals surface area contributed by atoms with Gasteiger partial charge in [0.1, 0.15) is 24.2 Å². The molecule has 0 bridgehead atoms. The van der Waals surface area contributed by atoms with E-state index in [-0.39, 0.29) is 6.10 Å². The highest BCUT2D eigenvalue weighted by Crippen LogP contribution is 2.21. The predicted octanol–water partition coefficient (Wildman–Crippen LogP) is 4.38. The zero-order chi connectivity index (χ0) is 16.9. The Morgan fingerprint density at radius 2 is 1.75 bits per heavy atom. The highest BCUT2D eigenvalue weighted by Gasteiger charge is 2.07. The van der Waals surface area contributed by atoms with Crippen LogP contribution in [0.15, 0.2) is 54.7 Å². The molecule has 2 aromatic carbocycles. The van der Waals surface area contributed by atoms with Gasteiger partial charge in [0, 0.05) is 17.1 Å². The van der Waals surface area contributed by atoms with Gasteiger partial charge in [-0.15, -0.1) is 0 Å². The number of hydrogen-bond donors (Lipinski definition) is 0. The Hall–Kier alpha value is -2.93. The lowest BCUT2D eigenvalue weighted by molar-refractivity contribution is 0.241. The van der Waals surface area contributed by atoms with Crippen LogP contribution in [0.1, 0.15) is 19.4 Å². The summed E-state index contributed by atoms with van der Waals surface area (Å²) in [6, 6.07) is 17.8. The van der Waals surface area contributed by atoms with Crippen LogP contribution in [0.3, 0.4) is 0 Å². The van der Waals surface area contributed by atoms with Crippen LogP contribution in [0.25, 0.3) is 10.9 Å². The molecule has 122 valence electrons. The van der Waals surface area contributed by atoms with Crippen molar-refractivity contribution in [2.75, 3.05) is 6.61 Å². The molecule has 0 spiro atoms. The van der Waals surface area contributed by atoms with Crippen LogP contribution in [-0.4, -0.2) is 17.3 Å². The summed E-state index contributed by atoms with van der Waals surface area (Å²) in [5.74, 6) is 1.65. The van der Waals surface area contributed by atoms with Gasteiger partial charge in [-0.25, -0.2) is 0 Å². The zero-order valence-electron chi connectivity index (χ0n) is 13.9. The van der Waals surface area contributed by atoms with E-state index in [4.69, 9.17) is 9.47 Å². The minimum atomic E-state index is 0.160.